The minimum atomic E-state index is -0.0105. The number of ether oxygens (including phenoxy) is 2. The third-order valence-corrected chi connectivity index (χ3v) is 5.47. The molecule has 3 N–H and O–H groups in total. The average molecular weight is 361 g/mol. The molecule has 1 fully saturated rings. The molecular formula is C18H23N3O3S. The normalized spacial score (nSPS) is 19.6. The first-order valence-electron chi connectivity index (χ1n) is 8.35. The minimum absolute atomic E-state index is 0.0105. The van der Waals surface area contributed by atoms with Crippen molar-refractivity contribution in [1.82, 2.24) is 4.98 Å². The van der Waals surface area contributed by atoms with E-state index in [9.17, 15) is 4.79 Å². The van der Waals surface area contributed by atoms with Crippen LogP contribution in [0.2, 0.25) is 0 Å². The van der Waals surface area contributed by atoms with Crippen LogP contribution in [0.3, 0.4) is 0 Å². The Hall–Kier alpha value is -2.12. The van der Waals surface area contributed by atoms with Crippen molar-refractivity contribution in [2.75, 3.05) is 26.1 Å². The van der Waals surface area contributed by atoms with Crippen LogP contribution in [-0.4, -0.2) is 31.7 Å². The first-order chi connectivity index (χ1) is 12.2. The fraction of sp³-hybridized carbons (Fsp3) is 0.444. The second-order valence-electron chi connectivity index (χ2n) is 6.13. The topological polar surface area (TPSA) is 86.5 Å². The number of carbonyl (C=O) groups is 1. The van der Waals surface area contributed by atoms with Crippen LogP contribution >= 0.6 is 11.3 Å². The maximum absolute atomic E-state index is 12.5. The predicted octanol–water partition coefficient (Wildman–Crippen LogP) is 3.14. The fourth-order valence-electron chi connectivity index (χ4n) is 3.33. The van der Waals surface area contributed by atoms with Crippen LogP contribution in [0.5, 0.6) is 11.5 Å². The van der Waals surface area contributed by atoms with Gasteiger partial charge in [0, 0.05) is 16.9 Å². The number of benzene rings is 1. The number of thiazole rings is 1. The zero-order valence-corrected chi connectivity index (χ0v) is 15.3. The zero-order chi connectivity index (χ0) is 17.8. The average Bonchev–Trinajstić information content (AvgIpc) is 3.30. The van der Waals surface area contributed by atoms with E-state index in [2.05, 4.69) is 10.3 Å². The molecule has 2 aromatic rings. The zero-order valence-electron chi connectivity index (χ0n) is 14.5. The summed E-state index contributed by atoms with van der Waals surface area (Å²) in [5.74, 6) is 1.72. The van der Waals surface area contributed by atoms with Crippen molar-refractivity contribution < 1.29 is 14.3 Å². The van der Waals surface area contributed by atoms with E-state index < -0.39 is 0 Å². The van der Waals surface area contributed by atoms with Gasteiger partial charge in [-0.25, -0.2) is 4.98 Å². The smallest absolute Gasteiger partial charge is 0.229 e. The third-order valence-electron chi connectivity index (χ3n) is 4.72. The number of anilines is 1. The Morgan fingerprint density at radius 1 is 1.36 bits per heavy atom. The van der Waals surface area contributed by atoms with Crippen molar-refractivity contribution in [3.63, 3.8) is 0 Å². The Labute approximate surface area is 151 Å². The van der Waals surface area contributed by atoms with Crippen LogP contribution < -0.4 is 20.5 Å². The standard InChI is InChI=1S/C18H23N3O3S/c1-23-12-6-7-16(24-2)14(8-12)15-10-25-18(20-15)21-17(22)13-5-3-4-11(13)9-19/h6-8,10-11,13H,3-5,9,19H2,1-2H3,(H,20,21,22)/t11-,13-/m1/s1. The molecule has 3 rings (SSSR count). The number of nitrogens with zero attached hydrogens (tertiary/aromatic N) is 1. The van der Waals surface area contributed by atoms with Gasteiger partial charge in [-0.3, -0.25) is 4.79 Å². The Morgan fingerprint density at radius 2 is 2.20 bits per heavy atom. The number of methoxy groups -OCH3 is 2. The van der Waals surface area contributed by atoms with Gasteiger partial charge in [0.2, 0.25) is 5.91 Å². The second kappa shape index (κ2) is 7.84. The van der Waals surface area contributed by atoms with Gasteiger partial charge in [-0.05, 0) is 43.5 Å². The molecule has 0 saturated heterocycles. The Bertz CT molecular complexity index is 747. The molecule has 0 radical (unpaired) electrons. The van der Waals surface area contributed by atoms with Gasteiger partial charge in [0.1, 0.15) is 11.5 Å². The molecule has 0 spiro atoms. The molecule has 1 aliphatic rings. The van der Waals surface area contributed by atoms with E-state index in [0.29, 0.717) is 17.4 Å². The number of aromatic nitrogens is 1. The van der Waals surface area contributed by atoms with Gasteiger partial charge >= 0.3 is 0 Å². The first kappa shape index (κ1) is 17.7. The minimum Gasteiger partial charge on any atom is -0.497 e. The van der Waals surface area contributed by atoms with Gasteiger partial charge in [-0.15, -0.1) is 11.3 Å². The summed E-state index contributed by atoms with van der Waals surface area (Å²) in [7, 11) is 3.24. The lowest BCUT2D eigenvalue weighted by Gasteiger charge is -2.16. The summed E-state index contributed by atoms with van der Waals surface area (Å²) < 4.78 is 10.7. The van der Waals surface area contributed by atoms with Crippen molar-refractivity contribution in [1.29, 1.82) is 0 Å². The summed E-state index contributed by atoms with van der Waals surface area (Å²) in [5, 5.41) is 5.44. The second-order valence-corrected chi connectivity index (χ2v) is 6.98. The largest absolute Gasteiger partial charge is 0.497 e. The number of nitrogens with two attached hydrogens (primary N) is 1. The van der Waals surface area contributed by atoms with Crippen LogP contribution in [-0.2, 0) is 4.79 Å². The van der Waals surface area contributed by atoms with E-state index in [-0.39, 0.29) is 17.7 Å². The number of amides is 1. The van der Waals surface area contributed by atoms with Crippen molar-refractivity contribution in [2.45, 2.75) is 19.3 Å². The lowest BCUT2D eigenvalue weighted by atomic mass is 9.95. The Morgan fingerprint density at radius 3 is 2.92 bits per heavy atom. The van der Waals surface area contributed by atoms with E-state index in [1.807, 2.05) is 23.6 Å². The van der Waals surface area contributed by atoms with Crippen molar-refractivity contribution in [3.05, 3.63) is 23.6 Å². The summed E-state index contributed by atoms with van der Waals surface area (Å²) in [6.45, 7) is 0.558. The molecule has 6 nitrogen and oxygen atoms in total. The number of nitrogens with one attached hydrogen (secondary N) is 1. The van der Waals surface area contributed by atoms with Crippen LogP contribution in [0.4, 0.5) is 5.13 Å². The van der Waals surface area contributed by atoms with Crippen LogP contribution in [0, 0.1) is 11.8 Å². The number of rotatable bonds is 6. The maximum Gasteiger partial charge on any atom is 0.229 e. The van der Waals surface area contributed by atoms with Gasteiger partial charge in [-0.1, -0.05) is 6.42 Å². The molecule has 1 heterocycles. The van der Waals surface area contributed by atoms with Gasteiger partial charge in [0.15, 0.2) is 5.13 Å². The molecule has 1 saturated carbocycles. The molecule has 134 valence electrons. The predicted molar refractivity (Wildman–Crippen MR) is 99.2 cm³/mol. The Kier molecular flexibility index (Phi) is 5.55. The molecule has 1 aromatic heterocycles. The molecule has 1 aliphatic carbocycles. The first-order valence-corrected chi connectivity index (χ1v) is 9.23. The van der Waals surface area contributed by atoms with Gasteiger partial charge in [0.05, 0.1) is 19.9 Å². The van der Waals surface area contributed by atoms with Gasteiger partial charge in [0.25, 0.3) is 0 Å². The highest BCUT2D eigenvalue weighted by molar-refractivity contribution is 7.14. The fourth-order valence-corrected chi connectivity index (χ4v) is 4.04. The summed E-state index contributed by atoms with van der Waals surface area (Å²) in [6, 6.07) is 5.56. The highest BCUT2D eigenvalue weighted by Crippen LogP contribution is 2.36. The number of hydrogen-bond donors (Lipinski definition) is 2. The third kappa shape index (κ3) is 3.77. The molecule has 0 unspecified atom stereocenters. The van der Waals surface area contributed by atoms with Crippen molar-refractivity contribution in [2.24, 2.45) is 17.6 Å². The lowest BCUT2D eigenvalue weighted by Crippen LogP contribution is -2.29. The van der Waals surface area contributed by atoms with Crippen molar-refractivity contribution in [3.8, 4) is 22.8 Å². The summed E-state index contributed by atoms with van der Waals surface area (Å²) in [6.07, 6.45) is 2.98. The molecule has 1 amide bonds. The molecule has 1 aromatic carbocycles. The van der Waals surface area contributed by atoms with Gasteiger partial charge < -0.3 is 20.5 Å². The molecule has 0 bridgehead atoms. The van der Waals surface area contributed by atoms with Gasteiger partial charge in [-0.2, -0.15) is 0 Å². The Balaban J connectivity index is 1.78. The highest BCUT2D eigenvalue weighted by atomic mass is 32.1. The van der Waals surface area contributed by atoms with Crippen LogP contribution in [0.15, 0.2) is 23.6 Å². The van der Waals surface area contributed by atoms with E-state index in [1.54, 1.807) is 14.2 Å². The SMILES string of the molecule is COc1ccc(OC)c(-c2csc(NC(=O)[C@@H]3CCC[C@@H]3CN)n2)c1. The molecular weight excluding hydrogens is 338 g/mol. The monoisotopic (exact) mass is 361 g/mol. The van der Waals surface area contributed by atoms with E-state index >= 15 is 0 Å². The number of hydrogen-bond acceptors (Lipinski definition) is 6. The van der Waals surface area contributed by atoms with Crippen LogP contribution in [0.1, 0.15) is 19.3 Å². The highest BCUT2D eigenvalue weighted by Gasteiger charge is 2.32. The summed E-state index contributed by atoms with van der Waals surface area (Å²) >= 11 is 1.40. The summed E-state index contributed by atoms with van der Waals surface area (Å²) in [5.41, 5.74) is 7.36. The van der Waals surface area contributed by atoms with E-state index in [0.717, 1.165) is 36.3 Å². The molecule has 2 atom stereocenters. The molecule has 25 heavy (non-hydrogen) atoms. The maximum atomic E-state index is 12.5. The summed E-state index contributed by atoms with van der Waals surface area (Å²) in [4.78, 5) is 17.1. The van der Waals surface area contributed by atoms with E-state index in [1.165, 1.54) is 11.3 Å². The van der Waals surface area contributed by atoms with Crippen molar-refractivity contribution >= 4 is 22.4 Å². The quantitative estimate of drug-likeness (QED) is 0.825. The number of carbonyl (C=O) groups excluding carboxylic acids is 1. The van der Waals surface area contributed by atoms with Crippen LogP contribution in [0.25, 0.3) is 11.3 Å². The molecule has 0 aliphatic heterocycles. The lowest BCUT2D eigenvalue weighted by molar-refractivity contribution is -0.120. The van der Waals surface area contributed by atoms with E-state index in [4.69, 9.17) is 15.2 Å². The molecule has 7 heteroatoms.